The summed E-state index contributed by atoms with van der Waals surface area (Å²) in [7, 11) is 1.35. The quantitative estimate of drug-likeness (QED) is 0.687. The van der Waals surface area contributed by atoms with Crippen molar-refractivity contribution in [1.82, 2.24) is 0 Å². The van der Waals surface area contributed by atoms with E-state index in [4.69, 9.17) is 0 Å². The molecule has 1 fully saturated rings. The van der Waals surface area contributed by atoms with Gasteiger partial charge in [-0.05, 0) is 55.4 Å². The van der Waals surface area contributed by atoms with Crippen LogP contribution >= 0.6 is 0 Å². The normalized spacial score (nSPS) is 26.3. The van der Waals surface area contributed by atoms with Crippen LogP contribution in [0.2, 0.25) is 0 Å². The molecule has 1 N–H and O–H groups in total. The van der Waals surface area contributed by atoms with Crippen molar-refractivity contribution in [3.05, 3.63) is 42.0 Å². The monoisotopic (exact) mass is 299 g/mol. The van der Waals surface area contributed by atoms with Crippen LogP contribution in [0.25, 0.3) is 0 Å². The van der Waals surface area contributed by atoms with Crippen molar-refractivity contribution in [3.8, 4) is 0 Å². The Bertz CT molecular complexity index is 591. The first-order valence-electron chi connectivity index (χ1n) is 7.86. The molecule has 4 heteroatoms. The molecule has 0 spiro atoms. The molecular weight excluding hydrogens is 278 g/mol. The molecular formula is C18H21NO3. The highest BCUT2D eigenvalue weighted by Crippen LogP contribution is 2.51. The number of nitrogens with one attached hydrogen (secondary N) is 1. The van der Waals surface area contributed by atoms with E-state index >= 15 is 0 Å². The summed E-state index contributed by atoms with van der Waals surface area (Å²) in [5.74, 6) is 0.742. The fourth-order valence-corrected chi connectivity index (χ4v) is 3.33. The van der Waals surface area contributed by atoms with Crippen LogP contribution in [0.4, 0.5) is 5.69 Å². The Morgan fingerprint density at radius 2 is 1.95 bits per heavy atom. The summed E-state index contributed by atoms with van der Waals surface area (Å²) in [6.45, 7) is 0. The van der Waals surface area contributed by atoms with Gasteiger partial charge in [-0.1, -0.05) is 18.6 Å². The average molecular weight is 299 g/mol. The van der Waals surface area contributed by atoms with Crippen LogP contribution in [-0.4, -0.2) is 19.0 Å². The van der Waals surface area contributed by atoms with Crippen LogP contribution in [0.15, 0.2) is 36.4 Å². The van der Waals surface area contributed by atoms with E-state index in [2.05, 4.69) is 22.2 Å². The van der Waals surface area contributed by atoms with Crippen molar-refractivity contribution in [2.45, 2.75) is 25.7 Å². The van der Waals surface area contributed by atoms with Gasteiger partial charge in [0, 0.05) is 11.6 Å². The van der Waals surface area contributed by atoms with Crippen molar-refractivity contribution in [3.63, 3.8) is 0 Å². The molecule has 1 aromatic carbocycles. The van der Waals surface area contributed by atoms with Crippen molar-refractivity contribution >= 4 is 17.6 Å². The maximum Gasteiger partial charge on any atom is 0.337 e. The van der Waals surface area contributed by atoms with E-state index < -0.39 is 0 Å². The molecule has 0 saturated heterocycles. The first-order valence-corrected chi connectivity index (χ1v) is 7.86. The molecule has 0 radical (unpaired) electrons. The summed E-state index contributed by atoms with van der Waals surface area (Å²) in [5.41, 5.74) is 1.21. The molecule has 0 heterocycles. The molecule has 3 atom stereocenters. The zero-order valence-electron chi connectivity index (χ0n) is 12.7. The minimum Gasteiger partial charge on any atom is -0.465 e. The molecule has 2 aliphatic rings. The van der Waals surface area contributed by atoms with E-state index in [1.54, 1.807) is 24.3 Å². The summed E-state index contributed by atoms with van der Waals surface area (Å²) in [5, 5.41) is 2.96. The molecule has 0 aliphatic heterocycles. The number of rotatable bonds is 3. The smallest absolute Gasteiger partial charge is 0.337 e. The first kappa shape index (κ1) is 14.8. The largest absolute Gasteiger partial charge is 0.465 e. The van der Waals surface area contributed by atoms with Gasteiger partial charge in [0.15, 0.2) is 0 Å². The highest BCUT2D eigenvalue weighted by molar-refractivity contribution is 5.96. The van der Waals surface area contributed by atoms with Crippen molar-refractivity contribution in [1.29, 1.82) is 0 Å². The lowest BCUT2D eigenvalue weighted by atomic mass is 10.1. The van der Waals surface area contributed by atoms with Gasteiger partial charge in [-0.15, -0.1) is 0 Å². The lowest BCUT2D eigenvalue weighted by Crippen LogP contribution is -2.15. The molecule has 1 saturated carbocycles. The Morgan fingerprint density at radius 1 is 1.18 bits per heavy atom. The highest BCUT2D eigenvalue weighted by atomic mass is 16.5. The van der Waals surface area contributed by atoms with Gasteiger partial charge in [0.25, 0.3) is 0 Å². The third-order valence-corrected chi connectivity index (χ3v) is 4.62. The third-order valence-electron chi connectivity index (χ3n) is 4.62. The maximum absolute atomic E-state index is 12.4. The lowest BCUT2D eigenvalue weighted by Gasteiger charge is -2.06. The number of hydrogen-bond acceptors (Lipinski definition) is 3. The predicted molar refractivity (Wildman–Crippen MR) is 84.5 cm³/mol. The van der Waals surface area contributed by atoms with Gasteiger partial charge in [-0.2, -0.15) is 0 Å². The third kappa shape index (κ3) is 3.06. The van der Waals surface area contributed by atoms with E-state index in [9.17, 15) is 9.59 Å². The Hall–Kier alpha value is -2.10. The van der Waals surface area contributed by atoms with Gasteiger partial charge < -0.3 is 10.1 Å². The van der Waals surface area contributed by atoms with Gasteiger partial charge in [0.2, 0.25) is 5.91 Å². The van der Waals surface area contributed by atoms with Gasteiger partial charge in [0.1, 0.15) is 0 Å². The van der Waals surface area contributed by atoms with E-state index in [0.717, 1.165) is 18.5 Å². The maximum atomic E-state index is 12.4. The Labute approximate surface area is 130 Å². The molecule has 22 heavy (non-hydrogen) atoms. The van der Waals surface area contributed by atoms with Crippen LogP contribution in [0.3, 0.4) is 0 Å². The lowest BCUT2D eigenvalue weighted by molar-refractivity contribution is -0.117. The molecule has 0 aromatic heterocycles. The van der Waals surface area contributed by atoms with Gasteiger partial charge in [-0.3, -0.25) is 4.79 Å². The number of carbonyl (C=O) groups is 2. The molecule has 0 bridgehead atoms. The predicted octanol–water partition coefficient (Wildman–Crippen LogP) is 3.40. The molecule has 116 valence electrons. The average Bonchev–Trinajstić information content (AvgIpc) is 3.18. The Kier molecular flexibility index (Phi) is 4.27. The second-order valence-corrected chi connectivity index (χ2v) is 6.04. The standard InChI is InChI=1S/C18H21NO3/c1-22-18(21)12-8-10-13(11-9-12)19-17(20)16-14-6-4-2-3-5-7-15(14)16/h4,6,8-11,14-16H,2-3,5,7H2,1H3,(H,19,20). The molecule has 3 rings (SSSR count). The number of ether oxygens (including phenoxy) is 1. The minimum absolute atomic E-state index is 0.0902. The summed E-state index contributed by atoms with van der Waals surface area (Å²) in [6.07, 6.45) is 9.15. The van der Waals surface area contributed by atoms with Gasteiger partial charge >= 0.3 is 5.97 Å². The fourth-order valence-electron chi connectivity index (χ4n) is 3.33. The summed E-state index contributed by atoms with van der Waals surface area (Å²) in [6, 6.07) is 6.81. The summed E-state index contributed by atoms with van der Waals surface area (Å²) >= 11 is 0. The SMILES string of the molecule is COC(=O)c1ccc(NC(=O)C2C3C=CCCCCC32)cc1. The molecule has 1 aromatic rings. The molecule has 4 nitrogen and oxygen atoms in total. The summed E-state index contributed by atoms with van der Waals surface area (Å²) in [4.78, 5) is 23.8. The number of fused-ring (bicyclic) bond motifs is 1. The molecule has 1 amide bonds. The number of hydrogen-bond donors (Lipinski definition) is 1. The van der Waals surface area contributed by atoms with E-state index in [1.165, 1.54) is 20.0 Å². The molecule has 2 aliphatic carbocycles. The van der Waals surface area contributed by atoms with Crippen LogP contribution < -0.4 is 5.32 Å². The Balaban J connectivity index is 1.61. The highest BCUT2D eigenvalue weighted by Gasteiger charge is 2.52. The minimum atomic E-state index is -0.372. The topological polar surface area (TPSA) is 55.4 Å². The van der Waals surface area contributed by atoms with E-state index in [0.29, 0.717) is 17.4 Å². The van der Waals surface area contributed by atoms with Crippen LogP contribution in [-0.2, 0) is 9.53 Å². The number of methoxy groups -OCH3 is 1. The second kappa shape index (κ2) is 6.34. The number of anilines is 1. The van der Waals surface area contributed by atoms with Crippen molar-refractivity contribution in [2.24, 2.45) is 17.8 Å². The number of esters is 1. The van der Waals surface area contributed by atoms with Crippen LogP contribution in [0, 0.1) is 17.8 Å². The first-order chi connectivity index (χ1) is 10.7. The van der Waals surface area contributed by atoms with Crippen molar-refractivity contribution in [2.75, 3.05) is 12.4 Å². The number of carbonyl (C=O) groups excluding carboxylic acids is 2. The van der Waals surface area contributed by atoms with Crippen LogP contribution in [0.1, 0.15) is 36.0 Å². The Morgan fingerprint density at radius 3 is 2.68 bits per heavy atom. The molecule has 3 unspecified atom stereocenters. The number of amides is 1. The van der Waals surface area contributed by atoms with E-state index in [-0.39, 0.29) is 17.8 Å². The van der Waals surface area contributed by atoms with Crippen molar-refractivity contribution < 1.29 is 14.3 Å². The number of allylic oxidation sites excluding steroid dienone is 2. The second-order valence-electron chi connectivity index (χ2n) is 6.04. The number of benzene rings is 1. The summed E-state index contributed by atoms with van der Waals surface area (Å²) < 4.78 is 4.66. The zero-order chi connectivity index (χ0) is 15.5. The van der Waals surface area contributed by atoms with Crippen LogP contribution in [0.5, 0.6) is 0 Å². The van der Waals surface area contributed by atoms with Gasteiger partial charge in [-0.25, -0.2) is 4.79 Å². The van der Waals surface area contributed by atoms with Gasteiger partial charge in [0.05, 0.1) is 12.7 Å². The zero-order valence-corrected chi connectivity index (χ0v) is 12.7. The fraction of sp³-hybridized carbons (Fsp3) is 0.444. The van der Waals surface area contributed by atoms with E-state index in [1.807, 2.05) is 0 Å².